The fourth-order valence-electron chi connectivity index (χ4n) is 3.79. The lowest BCUT2D eigenvalue weighted by Gasteiger charge is -2.31. The molecule has 1 aliphatic carbocycles. The Labute approximate surface area is 165 Å². The molecule has 1 aliphatic heterocycles. The molecule has 1 aromatic heterocycles. The molecule has 2 fully saturated rings. The van der Waals surface area contributed by atoms with Crippen molar-refractivity contribution in [1.29, 1.82) is 0 Å². The minimum atomic E-state index is -4.61. The molecule has 7 nitrogen and oxygen atoms in total. The van der Waals surface area contributed by atoms with Crippen LogP contribution in [-0.2, 0) is 23.2 Å². The summed E-state index contributed by atoms with van der Waals surface area (Å²) in [5.74, 6) is 0.619. The summed E-state index contributed by atoms with van der Waals surface area (Å²) in [5, 5.41) is 4.35. The number of aromatic nitrogens is 3. The molecule has 0 bridgehead atoms. The quantitative estimate of drug-likeness (QED) is 0.747. The summed E-state index contributed by atoms with van der Waals surface area (Å²) in [4.78, 5) is 11.9. The molecule has 0 atom stereocenters. The van der Waals surface area contributed by atoms with Crippen LogP contribution in [0.4, 0.5) is 13.2 Å². The Morgan fingerprint density at radius 3 is 2.34 bits per heavy atom. The van der Waals surface area contributed by atoms with Crippen molar-refractivity contribution in [2.75, 3.05) is 13.1 Å². The van der Waals surface area contributed by atoms with Crippen molar-refractivity contribution in [1.82, 2.24) is 18.7 Å². The third-order valence-corrected chi connectivity index (χ3v) is 7.41. The largest absolute Gasteiger partial charge is 0.416 e. The van der Waals surface area contributed by atoms with Gasteiger partial charge in [-0.25, -0.2) is 17.9 Å². The second-order valence-electron chi connectivity index (χ2n) is 7.57. The Bertz CT molecular complexity index is 1080. The minimum Gasteiger partial charge on any atom is -0.276 e. The number of rotatable bonds is 4. The molecule has 11 heteroatoms. The van der Waals surface area contributed by atoms with Gasteiger partial charge in [0.05, 0.1) is 10.5 Å². The minimum absolute atomic E-state index is 0.0579. The van der Waals surface area contributed by atoms with E-state index in [9.17, 15) is 26.4 Å². The highest BCUT2D eigenvalue weighted by Gasteiger charge is 2.37. The number of aryl methyl sites for hydroxylation is 1. The van der Waals surface area contributed by atoms with Crippen molar-refractivity contribution < 1.29 is 21.6 Å². The van der Waals surface area contributed by atoms with E-state index in [1.165, 1.54) is 15.1 Å². The highest BCUT2D eigenvalue weighted by Crippen LogP contribution is 2.38. The van der Waals surface area contributed by atoms with Gasteiger partial charge < -0.3 is 0 Å². The van der Waals surface area contributed by atoms with E-state index in [-0.39, 0.29) is 35.6 Å². The maximum absolute atomic E-state index is 12.9. The highest BCUT2D eigenvalue weighted by molar-refractivity contribution is 7.89. The summed E-state index contributed by atoms with van der Waals surface area (Å²) in [7, 11) is -2.43. The third-order valence-electron chi connectivity index (χ3n) is 5.51. The molecule has 1 saturated heterocycles. The number of alkyl halides is 3. The van der Waals surface area contributed by atoms with E-state index < -0.39 is 21.8 Å². The molecule has 2 aromatic rings. The molecule has 1 aromatic carbocycles. The number of halogens is 3. The van der Waals surface area contributed by atoms with Crippen LogP contribution in [0.2, 0.25) is 0 Å². The molecular formula is C18H21F3N4O3S. The lowest BCUT2D eigenvalue weighted by atomic mass is 9.97. The number of nitrogens with zero attached hydrogens (tertiary/aromatic N) is 4. The van der Waals surface area contributed by atoms with E-state index in [1.807, 2.05) is 0 Å². The standard InChI is InChI=1S/C18H21F3N4O3S/c1-23-17(26)25(14-5-6-14)16(22-23)12-7-9-24(10-8-12)29(27,28)15-4-2-3-13(11-15)18(19,20)21/h2-4,11-12,14H,5-10H2,1H3. The van der Waals surface area contributed by atoms with Crippen LogP contribution in [0, 0.1) is 0 Å². The van der Waals surface area contributed by atoms with Gasteiger partial charge in [0, 0.05) is 32.1 Å². The predicted molar refractivity (Wildman–Crippen MR) is 97.9 cm³/mol. The Morgan fingerprint density at radius 1 is 1.10 bits per heavy atom. The van der Waals surface area contributed by atoms with Crippen LogP contribution >= 0.6 is 0 Å². The lowest BCUT2D eigenvalue weighted by Crippen LogP contribution is -2.38. The fraction of sp³-hybridized carbons (Fsp3) is 0.556. The summed E-state index contributed by atoms with van der Waals surface area (Å²) in [6.45, 7) is 0.331. The first-order valence-corrected chi connectivity index (χ1v) is 10.9. The van der Waals surface area contributed by atoms with Crippen LogP contribution in [0.1, 0.15) is 49.0 Å². The van der Waals surface area contributed by atoms with Crippen molar-refractivity contribution in [2.24, 2.45) is 7.05 Å². The smallest absolute Gasteiger partial charge is 0.276 e. The molecule has 4 rings (SSSR count). The van der Waals surface area contributed by atoms with Gasteiger partial charge in [-0.05, 0) is 43.9 Å². The van der Waals surface area contributed by atoms with Crippen LogP contribution in [0.15, 0.2) is 34.0 Å². The number of benzene rings is 1. The van der Waals surface area contributed by atoms with E-state index >= 15 is 0 Å². The second-order valence-corrected chi connectivity index (χ2v) is 9.51. The first kappa shape index (κ1) is 20.1. The Balaban J connectivity index is 1.53. The second kappa shape index (κ2) is 6.98. The maximum atomic E-state index is 12.9. The summed E-state index contributed by atoms with van der Waals surface area (Å²) in [5.41, 5.74) is -1.16. The first-order chi connectivity index (χ1) is 13.6. The Hall–Kier alpha value is -2.14. The van der Waals surface area contributed by atoms with E-state index in [0.717, 1.165) is 25.0 Å². The highest BCUT2D eigenvalue weighted by atomic mass is 32.2. The monoisotopic (exact) mass is 430 g/mol. The van der Waals surface area contributed by atoms with E-state index in [2.05, 4.69) is 5.10 Å². The van der Waals surface area contributed by atoms with Gasteiger partial charge in [0.2, 0.25) is 10.0 Å². The molecule has 158 valence electrons. The molecule has 0 amide bonds. The fourth-order valence-corrected chi connectivity index (χ4v) is 5.31. The molecule has 1 saturated carbocycles. The molecule has 0 N–H and O–H groups in total. The normalized spacial score (nSPS) is 19.6. The number of piperidine rings is 1. The zero-order valence-corrected chi connectivity index (χ0v) is 16.6. The van der Waals surface area contributed by atoms with Crippen molar-refractivity contribution in [2.45, 2.75) is 48.7 Å². The molecule has 29 heavy (non-hydrogen) atoms. The first-order valence-electron chi connectivity index (χ1n) is 9.42. The van der Waals surface area contributed by atoms with Crippen LogP contribution in [0.5, 0.6) is 0 Å². The predicted octanol–water partition coefficient (Wildman–Crippen LogP) is 2.50. The van der Waals surface area contributed by atoms with Crippen LogP contribution < -0.4 is 5.69 Å². The van der Waals surface area contributed by atoms with Crippen molar-refractivity contribution in [3.8, 4) is 0 Å². The van der Waals surface area contributed by atoms with Gasteiger partial charge in [-0.3, -0.25) is 4.57 Å². The molecule has 2 heterocycles. The lowest BCUT2D eigenvalue weighted by molar-refractivity contribution is -0.137. The van der Waals surface area contributed by atoms with Crippen LogP contribution in [-0.4, -0.2) is 40.2 Å². The van der Waals surface area contributed by atoms with Crippen molar-refractivity contribution >= 4 is 10.0 Å². The summed E-state index contributed by atoms with van der Waals surface area (Å²) in [6, 6.07) is 3.97. The number of hydrogen-bond donors (Lipinski definition) is 0. The Morgan fingerprint density at radius 2 is 1.76 bits per heavy atom. The molecule has 0 unspecified atom stereocenters. The maximum Gasteiger partial charge on any atom is 0.416 e. The summed E-state index contributed by atoms with van der Waals surface area (Å²) >= 11 is 0. The van der Waals surface area contributed by atoms with Gasteiger partial charge in [0.25, 0.3) is 0 Å². The van der Waals surface area contributed by atoms with E-state index in [1.54, 1.807) is 11.6 Å². The van der Waals surface area contributed by atoms with Crippen LogP contribution in [0.3, 0.4) is 0 Å². The molecule has 2 aliphatic rings. The van der Waals surface area contributed by atoms with Gasteiger partial charge in [0.15, 0.2) is 0 Å². The van der Waals surface area contributed by atoms with E-state index in [4.69, 9.17) is 0 Å². The van der Waals surface area contributed by atoms with Gasteiger partial charge in [-0.2, -0.15) is 22.6 Å². The average molecular weight is 430 g/mol. The molecular weight excluding hydrogens is 409 g/mol. The van der Waals surface area contributed by atoms with E-state index in [0.29, 0.717) is 24.7 Å². The van der Waals surface area contributed by atoms with Gasteiger partial charge in [-0.15, -0.1) is 0 Å². The SMILES string of the molecule is Cn1nc(C2CCN(S(=O)(=O)c3cccc(C(F)(F)F)c3)CC2)n(C2CC2)c1=O. The zero-order chi connectivity index (χ0) is 21.0. The average Bonchev–Trinajstić information content (AvgIpc) is 3.47. The number of sulfonamides is 1. The number of hydrogen-bond acceptors (Lipinski definition) is 4. The zero-order valence-electron chi connectivity index (χ0n) is 15.8. The van der Waals surface area contributed by atoms with Crippen molar-refractivity contribution in [3.63, 3.8) is 0 Å². The van der Waals surface area contributed by atoms with Gasteiger partial charge in [-0.1, -0.05) is 6.07 Å². The summed E-state index contributed by atoms with van der Waals surface area (Å²) in [6.07, 6.45) is -1.82. The summed E-state index contributed by atoms with van der Waals surface area (Å²) < 4.78 is 68.7. The van der Waals surface area contributed by atoms with Crippen LogP contribution in [0.25, 0.3) is 0 Å². The van der Waals surface area contributed by atoms with Crippen molar-refractivity contribution in [3.05, 3.63) is 46.1 Å². The topological polar surface area (TPSA) is 77.2 Å². The van der Waals surface area contributed by atoms with Gasteiger partial charge >= 0.3 is 11.9 Å². The third kappa shape index (κ3) is 3.73. The van der Waals surface area contributed by atoms with Gasteiger partial charge in [0.1, 0.15) is 5.82 Å². The molecule has 0 radical (unpaired) electrons. The molecule has 0 spiro atoms. The Kier molecular flexibility index (Phi) is 4.85.